The minimum atomic E-state index is -0.200. The van der Waals surface area contributed by atoms with Crippen molar-refractivity contribution in [2.75, 3.05) is 26.2 Å². The van der Waals surface area contributed by atoms with Crippen molar-refractivity contribution in [3.63, 3.8) is 0 Å². The third-order valence-corrected chi connectivity index (χ3v) is 4.94. The van der Waals surface area contributed by atoms with Crippen LogP contribution in [0.25, 0.3) is 0 Å². The Hall–Kier alpha value is -1.86. The first kappa shape index (κ1) is 15.1. The molecule has 22 heavy (non-hydrogen) atoms. The third-order valence-electron chi connectivity index (χ3n) is 4.94. The third kappa shape index (κ3) is 3.31. The second kappa shape index (κ2) is 6.93. The van der Waals surface area contributed by atoms with E-state index in [1.165, 1.54) is 5.56 Å². The first-order chi connectivity index (χ1) is 10.8. The Morgan fingerprint density at radius 2 is 1.86 bits per heavy atom. The van der Waals surface area contributed by atoms with Crippen molar-refractivity contribution < 1.29 is 4.79 Å². The molecule has 0 aromatic heterocycles. The zero-order valence-electron chi connectivity index (χ0n) is 12.9. The first-order valence-electron chi connectivity index (χ1n) is 8.24. The van der Waals surface area contributed by atoms with Crippen LogP contribution >= 0.6 is 0 Å². The van der Waals surface area contributed by atoms with Crippen LogP contribution in [0.3, 0.4) is 0 Å². The van der Waals surface area contributed by atoms with E-state index in [9.17, 15) is 4.79 Å². The van der Waals surface area contributed by atoms with Gasteiger partial charge in [-0.2, -0.15) is 5.26 Å². The zero-order valence-corrected chi connectivity index (χ0v) is 12.9. The fourth-order valence-electron chi connectivity index (χ4n) is 3.63. The number of amides is 1. The molecule has 1 aromatic rings. The maximum atomic E-state index is 12.4. The van der Waals surface area contributed by atoms with Gasteiger partial charge in [-0.1, -0.05) is 30.3 Å². The van der Waals surface area contributed by atoms with Gasteiger partial charge < -0.3 is 4.90 Å². The highest BCUT2D eigenvalue weighted by Gasteiger charge is 2.30. The van der Waals surface area contributed by atoms with E-state index >= 15 is 0 Å². The van der Waals surface area contributed by atoms with Crippen LogP contribution < -0.4 is 0 Å². The fourth-order valence-corrected chi connectivity index (χ4v) is 3.63. The number of likely N-dealkylation sites (tertiary alicyclic amines) is 2. The lowest BCUT2D eigenvalue weighted by atomic mass is 9.89. The molecule has 2 aliphatic rings. The highest BCUT2D eigenvalue weighted by molar-refractivity contribution is 5.79. The Morgan fingerprint density at radius 1 is 1.14 bits per heavy atom. The lowest BCUT2D eigenvalue weighted by Gasteiger charge is -2.33. The Bertz CT molecular complexity index is 543. The van der Waals surface area contributed by atoms with Gasteiger partial charge in [-0.15, -0.1) is 0 Å². The normalized spacial score (nSPS) is 23.4. The Balaban J connectivity index is 1.50. The summed E-state index contributed by atoms with van der Waals surface area (Å²) >= 11 is 0. The number of nitriles is 1. The summed E-state index contributed by atoms with van der Waals surface area (Å²) in [6.45, 7) is 3.16. The minimum Gasteiger partial charge on any atom is -0.326 e. The Morgan fingerprint density at radius 3 is 2.55 bits per heavy atom. The predicted molar refractivity (Wildman–Crippen MR) is 85.2 cm³/mol. The number of benzene rings is 1. The lowest BCUT2D eigenvalue weighted by molar-refractivity contribution is -0.132. The van der Waals surface area contributed by atoms with E-state index in [1.54, 1.807) is 4.90 Å². The molecular formula is C18H23N3O. The largest absolute Gasteiger partial charge is 0.326 e. The van der Waals surface area contributed by atoms with Gasteiger partial charge in [0.15, 0.2) is 0 Å². The SMILES string of the molecule is N#C[C@@H]1CCCN1C(=O)CN1CCC(c2ccccc2)CC1. The van der Waals surface area contributed by atoms with Crippen LogP contribution in [0.4, 0.5) is 0 Å². The van der Waals surface area contributed by atoms with E-state index in [-0.39, 0.29) is 11.9 Å². The standard InChI is InChI=1S/C18H23N3O/c19-13-17-7-4-10-21(17)18(22)14-20-11-8-16(9-12-20)15-5-2-1-3-6-15/h1-3,5-6,16-17H,4,7-12,14H2/t17-/m0/s1. The molecule has 4 heteroatoms. The maximum Gasteiger partial charge on any atom is 0.237 e. The summed E-state index contributed by atoms with van der Waals surface area (Å²) in [5, 5.41) is 9.09. The average Bonchev–Trinajstić information content (AvgIpc) is 3.05. The highest BCUT2D eigenvalue weighted by Crippen LogP contribution is 2.27. The summed E-state index contributed by atoms with van der Waals surface area (Å²) in [6, 6.07) is 12.7. The molecule has 2 aliphatic heterocycles. The molecule has 2 saturated heterocycles. The van der Waals surface area contributed by atoms with Crippen LogP contribution in [0.15, 0.2) is 30.3 Å². The molecular weight excluding hydrogens is 274 g/mol. The number of piperidine rings is 1. The van der Waals surface area contributed by atoms with Gasteiger partial charge in [0.25, 0.3) is 0 Å². The molecule has 0 N–H and O–H groups in total. The molecule has 0 saturated carbocycles. The second-order valence-electron chi connectivity index (χ2n) is 6.34. The van der Waals surface area contributed by atoms with Crippen molar-refractivity contribution in [1.29, 1.82) is 5.26 Å². The molecule has 0 spiro atoms. The molecule has 1 amide bonds. The number of hydrogen-bond donors (Lipinski definition) is 0. The van der Waals surface area contributed by atoms with Crippen molar-refractivity contribution in [2.24, 2.45) is 0 Å². The monoisotopic (exact) mass is 297 g/mol. The van der Waals surface area contributed by atoms with Gasteiger partial charge in [-0.05, 0) is 50.3 Å². The van der Waals surface area contributed by atoms with Gasteiger partial charge in [0.05, 0.1) is 12.6 Å². The molecule has 0 aliphatic carbocycles. The minimum absolute atomic E-state index is 0.127. The summed E-state index contributed by atoms with van der Waals surface area (Å²) in [7, 11) is 0. The van der Waals surface area contributed by atoms with Gasteiger partial charge >= 0.3 is 0 Å². The second-order valence-corrected chi connectivity index (χ2v) is 6.34. The van der Waals surface area contributed by atoms with E-state index in [1.807, 2.05) is 0 Å². The molecule has 4 nitrogen and oxygen atoms in total. The van der Waals surface area contributed by atoms with Gasteiger partial charge in [0.2, 0.25) is 5.91 Å². The molecule has 2 heterocycles. The summed E-state index contributed by atoms with van der Waals surface area (Å²) in [5.74, 6) is 0.744. The van der Waals surface area contributed by atoms with Gasteiger partial charge in [-0.25, -0.2) is 0 Å². The number of nitrogens with zero attached hydrogens (tertiary/aromatic N) is 3. The summed E-state index contributed by atoms with van der Waals surface area (Å²) in [6.07, 6.45) is 4.01. The summed E-state index contributed by atoms with van der Waals surface area (Å²) < 4.78 is 0. The van der Waals surface area contributed by atoms with E-state index in [2.05, 4.69) is 41.3 Å². The van der Waals surface area contributed by atoms with E-state index in [0.29, 0.717) is 12.5 Å². The van der Waals surface area contributed by atoms with E-state index < -0.39 is 0 Å². The lowest BCUT2D eigenvalue weighted by Crippen LogP contribution is -2.44. The van der Waals surface area contributed by atoms with Gasteiger partial charge in [0.1, 0.15) is 6.04 Å². The van der Waals surface area contributed by atoms with Crippen LogP contribution in [0.5, 0.6) is 0 Å². The Kier molecular flexibility index (Phi) is 4.74. The van der Waals surface area contributed by atoms with E-state index in [4.69, 9.17) is 5.26 Å². The van der Waals surface area contributed by atoms with Crippen molar-refractivity contribution in [3.8, 4) is 6.07 Å². The average molecular weight is 297 g/mol. The summed E-state index contributed by atoms with van der Waals surface area (Å²) in [5.41, 5.74) is 1.41. The van der Waals surface area contributed by atoms with Gasteiger partial charge in [-0.3, -0.25) is 9.69 Å². The van der Waals surface area contributed by atoms with Crippen LogP contribution in [0.1, 0.15) is 37.2 Å². The number of carbonyl (C=O) groups excluding carboxylic acids is 1. The van der Waals surface area contributed by atoms with E-state index in [0.717, 1.165) is 45.3 Å². The maximum absolute atomic E-state index is 12.4. The zero-order chi connectivity index (χ0) is 15.4. The van der Waals surface area contributed by atoms with Crippen molar-refractivity contribution in [1.82, 2.24) is 9.80 Å². The summed E-state index contributed by atoms with van der Waals surface area (Å²) in [4.78, 5) is 16.4. The fraction of sp³-hybridized carbons (Fsp3) is 0.556. The van der Waals surface area contributed by atoms with Crippen LogP contribution in [-0.4, -0.2) is 47.9 Å². The molecule has 0 unspecified atom stereocenters. The van der Waals surface area contributed by atoms with Crippen molar-refractivity contribution in [2.45, 2.75) is 37.6 Å². The highest BCUT2D eigenvalue weighted by atomic mass is 16.2. The molecule has 116 valence electrons. The van der Waals surface area contributed by atoms with Crippen LogP contribution in [-0.2, 0) is 4.79 Å². The quantitative estimate of drug-likeness (QED) is 0.860. The van der Waals surface area contributed by atoms with Gasteiger partial charge in [0, 0.05) is 6.54 Å². The topological polar surface area (TPSA) is 47.3 Å². The predicted octanol–water partition coefficient (Wildman–Crippen LogP) is 2.38. The van der Waals surface area contributed by atoms with Crippen molar-refractivity contribution >= 4 is 5.91 Å². The molecule has 0 bridgehead atoms. The number of hydrogen-bond acceptors (Lipinski definition) is 3. The molecule has 1 aromatic carbocycles. The molecule has 0 radical (unpaired) electrons. The molecule has 3 rings (SSSR count). The Labute approximate surface area is 132 Å². The van der Waals surface area contributed by atoms with Crippen LogP contribution in [0.2, 0.25) is 0 Å². The smallest absolute Gasteiger partial charge is 0.237 e. The van der Waals surface area contributed by atoms with Crippen molar-refractivity contribution in [3.05, 3.63) is 35.9 Å². The molecule has 1 atom stereocenters. The molecule has 2 fully saturated rings. The van der Waals surface area contributed by atoms with Crippen LogP contribution in [0, 0.1) is 11.3 Å². The number of rotatable bonds is 3. The number of carbonyl (C=O) groups is 1. The first-order valence-corrected chi connectivity index (χ1v) is 8.24.